The van der Waals surface area contributed by atoms with Gasteiger partial charge in [0.05, 0.1) is 5.92 Å². The van der Waals surface area contributed by atoms with Crippen LogP contribution in [0.5, 0.6) is 0 Å². The molecule has 17 heavy (non-hydrogen) atoms. The van der Waals surface area contributed by atoms with Crippen LogP contribution in [0.3, 0.4) is 0 Å². The van der Waals surface area contributed by atoms with Crippen molar-refractivity contribution >= 4 is 18.3 Å². The normalized spacial score (nSPS) is 30.3. The summed E-state index contributed by atoms with van der Waals surface area (Å²) in [6, 6.07) is 0.123. The van der Waals surface area contributed by atoms with Gasteiger partial charge in [-0.15, -0.1) is 12.4 Å². The zero-order chi connectivity index (χ0) is 11.4. The van der Waals surface area contributed by atoms with Gasteiger partial charge in [0.2, 0.25) is 5.91 Å². The molecule has 3 nitrogen and oxygen atoms in total. The van der Waals surface area contributed by atoms with Crippen LogP contribution < -0.4 is 5.73 Å². The van der Waals surface area contributed by atoms with E-state index >= 15 is 0 Å². The summed E-state index contributed by atoms with van der Waals surface area (Å²) in [5.74, 6) is 0.464. The zero-order valence-corrected chi connectivity index (χ0v) is 11.4. The fourth-order valence-electron chi connectivity index (χ4n) is 3.00. The maximum atomic E-state index is 12.3. The Hall–Kier alpha value is -0.280. The van der Waals surface area contributed by atoms with E-state index in [1.165, 1.54) is 32.1 Å². The fraction of sp³-hybridized carbons (Fsp3) is 0.923. The lowest BCUT2D eigenvalue weighted by Crippen LogP contribution is -2.42. The molecular formula is C13H25ClN2O. The SMILES string of the molecule is Cl.NC1CCCC1C(=O)N1CCCCCCC1. The van der Waals surface area contributed by atoms with Gasteiger partial charge in [-0.05, 0) is 25.7 Å². The summed E-state index contributed by atoms with van der Waals surface area (Å²) in [6.45, 7) is 1.92. The molecule has 0 aromatic heterocycles. The van der Waals surface area contributed by atoms with Gasteiger partial charge in [-0.25, -0.2) is 0 Å². The molecule has 2 unspecified atom stereocenters. The summed E-state index contributed by atoms with van der Waals surface area (Å²) in [5, 5.41) is 0. The molecule has 0 aromatic carbocycles. The van der Waals surface area contributed by atoms with Crippen molar-refractivity contribution in [3.05, 3.63) is 0 Å². The zero-order valence-electron chi connectivity index (χ0n) is 10.6. The highest BCUT2D eigenvalue weighted by Gasteiger charge is 2.33. The summed E-state index contributed by atoms with van der Waals surface area (Å²) in [5.41, 5.74) is 6.01. The van der Waals surface area contributed by atoms with E-state index in [0.717, 1.165) is 32.4 Å². The van der Waals surface area contributed by atoms with Crippen molar-refractivity contribution in [2.75, 3.05) is 13.1 Å². The maximum Gasteiger partial charge on any atom is 0.227 e. The van der Waals surface area contributed by atoms with Crippen molar-refractivity contribution in [3.8, 4) is 0 Å². The van der Waals surface area contributed by atoms with E-state index in [9.17, 15) is 4.79 Å². The highest BCUT2D eigenvalue weighted by atomic mass is 35.5. The van der Waals surface area contributed by atoms with E-state index in [4.69, 9.17) is 5.73 Å². The van der Waals surface area contributed by atoms with Crippen LogP contribution in [0.2, 0.25) is 0 Å². The van der Waals surface area contributed by atoms with Crippen LogP contribution in [0.25, 0.3) is 0 Å². The summed E-state index contributed by atoms with van der Waals surface area (Å²) >= 11 is 0. The van der Waals surface area contributed by atoms with Gasteiger partial charge in [0.15, 0.2) is 0 Å². The van der Waals surface area contributed by atoms with Crippen molar-refractivity contribution in [2.45, 2.75) is 57.4 Å². The third-order valence-electron chi connectivity index (χ3n) is 4.05. The number of amides is 1. The minimum absolute atomic E-state index is 0. The minimum Gasteiger partial charge on any atom is -0.342 e. The monoisotopic (exact) mass is 260 g/mol. The van der Waals surface area contributed by atoms with Gasteiger partial charge < -0.3 is 10.6 Å². The average Bonchev–Trinajstić information content (AvgIpc) is 2.63. The highest BCUT2D eigenvalue weighted by Crippen LogP contribution is 2.26. The standard InChI is InChI=1S/C13H24N2O.ClH/c14-12-8-6-7-11(12)13(16)15-9-4-2-1-3-5-10-15;/h11-12H,1-10,14H2;1H. The van der Waals surface area contributed by atoms with E-state index < -0.39 is 0 Å². The molecule has 1 aliphatic heterocycles. The lowest BCUT2D eigenvalue weighted by atomic mass is 10.0. The number of hydrogen-bond acceptors (Lipinski definition) is 2. The fourth-order valence-corrected chi connectivity index (χ4v) is 3.00. The van der Waals surface area contributed by atoms with Crippen LogP contribution >= 0.6 is 12.4 Å². The molecule has 2 rings (SSSR count). The molecular weight excluding hydrogens is 236 g/mol. The Morgan fingerprint density at radius 3 is 2.06 bits per heavy atom. The van der Waals surface area contributed by atoms with Crippen LogP contribution in [0.4, 0.5) is 0 Å². The average molecular weight is 261 g/mol. The number of carbonyl (C=O) groups is 1. The van der Waals surface area contributed by atoms with Gasteiger partial charge in [-0.3, -0.25) is 4.79 Å². The van der Waals surface area contributed by atoms with Crippen LogP contribution in [0.1, 0.15) is 51.4 Å². The number of nitrogens with zero attached hydrogens (tertiary/aromatic N) is 1. The lowest BCUT2D eigenvalue weighted by molar-refractivity contribution is -0.136. The van der Waals surface area contributed by atoms with Crippen LogP contribution in [0, 0.1) is 5.92 Å². The lowest BCUT2D eigenvalue weighted by Gasteiger charge is -2.28. The molecule has 100 valence electrons. The first-order valence-electron chi connectivity index (χ1n) is 6.83. The Labute approximate surface area is 111 Å². The molecule has 1 heterocycles. The van der Waals surface area contributed by atoms with Gasteiger partial charge >= 0.3 is 0 Å². The van der Waals surface area contributed by atoms with E-state index in [2.05, 4.69) is 4.90 Å². The Morgan fingerprint density at radius 2 is 1.53 bits per heavy atom. The van der Waals surface area contributed by atoms with E-state index in [1.54, 1.807) is 0 Å². The van der Waals surface area contributed by atoms with Crippen molar-refractivity contribution in [3.63, 3.8) is 0 Å². The maximum absolute atomic E-state index is 12.3. The molecule has 1 aliphatic carbocycles. The van der Waals surface area contributed by atoms with E-state index in [1.807, 2.05) is 0 Å². The summed E-state index contributed by atoms with van der Waals surface area (Å²) in [4.78, 5) is 14.4. The molecule has 0 radical (unpaired) electrons. The molecule has 2 N–H and O–H groups in total. The Bertz CT molecular complexity index is 240. The van der Waals surface area contributed by atoms with Gasteiger partial charge in [-0.1, -0.05) is 25.7 Å². The largest absolute Gasteiger partial charge is 0.342 e. The van der Waals surface area contributed by atoms with Gasteiger partial charge in [0, 0.05) is 19.1 Å². The second-order valence-corrected chi connectivity index (χ2v) is 5.29. The Balaban J connectivity index is 0.00000144. The number of halogens is 1. The molecule has 0 aromatic rings. The Kier molecular flexibility index (Phi) is 6.28. The first-order valence-corrected chi connectivity index (χ1v) is 6.83. The number of hydrogen-bond donors (Lipinski definition) is 1. The van der Waals surface area contributed by atoms with Crippen LogP contribution in [-0.4, -0.2) is 29.9 Å². The van der Waals surface area contributed by atoms with Gasteiger partial charge in [0.1, 0.15) is 0 Å². The minimum atomic E-state index is 0. The number of nitrogens with two attached hydrogens (primary N) is 1. The third-order valence-corrected chi connectivity index (χ3v) is 4.05. The van der Waals surface area contributed by atoms with Crippen molar-refractivity contribution in [2.24, 2.45) is 11.7 Å². The first-order chi connectivity index (χ1) is 7.79. The summed E-state index contributed by atoms with van der Waals surface area (Å²) < 4.78 is 0. The van der Waals surface area contributed by atoms with E-state index in [0.29, 0.717) is 5.91 Å². The second-order valence-electron chi connectivity index (χ2n) is 5.29. The molecule has 1 amide bonds. The molecule has 1 saturated carbocycles. The number of rotatable bonds is 1. The van der Waals surface area contributed by atoms with Crippen molar-refractivity contribution < 1.29 is 4.79 Å². The highest BCUT2D eigenvalue weighted by molar-refractivity contribution is 5.85. The number of likely N-dealkylation sites (tertiary alicyclic amines) is 1. The van der Waals surface area contributed by atoms with Gasteiger partial charge in [-0.2, -0.15) is 0 Å². The second kappa shape index (κ2) is 7.22. The predicted octanol–water partition coefficient (Wildman–Crippen LogP) is 2.33. The van der Waals surface area contributed by atoms with Crippen molar-refractivity contribution in [1.29, 1.82) is 0 Å². The predicted molar refractivity (Wildman–Crippen MR) is 72.2 cm³/mol. The molecule has 2 atom stereocenters. The molecule has 4 heteroatoms. The molecule has 1 saturated heterocycles. The molecule has 2 aliphatic rings. The van der Waals surface area contributed by atoms with Crippen LogP contribution in [0.15, 0.2) is 0 Å². The summed E-state index contributed by atoms with van der Waals surface area (Å²) in [7, 11) is 0. The number of carbonyl (C=O) groups excluding carboxylic acids is 1. The third kappa shape index (κ3) is 3.85. The molecule has 2 fully saturated rings. The summed E-state index contributed by atoms with van der Waals surface area (Å²) in [6.07, 6.45) is 9.42. The Morgan fingerprint density at radius 1 is 0.941 bits per heavy atom. The smallest absolute Gasteiger partial charge is 0.227 e. The molecule has 0 spiro atoms. The van der Waals surface area contributed by atoms with E-state index in [-0.39, 0.29) is 24.4 Å². The quantitative estimate of drug-likeness (QED) is 0.787. The van der Waals surface area contributed by atoms with Gasteiger partial charge in [0.25, 0.3) is 0 Å². The topological polar surface area (TPSA) is 46.3 Å². The first kappa shape index (κ1) is 14.8. The molecule has 0 bridgehead atoms. The van der Waals surface area contributed by atoms with Crippen LogP contribution in [-0.2, 0) is 4.79 Å². The van der Waals surface area contributed by atoms with Crippen molar-refractivity contribution in [1.82, 2.24) is 4.90 Å².